The molecule has 0 N–H and O–H groups in total. The Bertz CT molecular complexity index is 124. The highest BCUT2D eigenvalue weighted by molar-refractivity contribution is 4.81. The lowest BCUT2D eigenvalue weighted by atomic mass is 10.1. The van der Waals surface area contributed by atoms with Gasteiger partial charge in [0.25, 0.3) is 0 Å². The molecule has 0 bridgehead atoms. The van der Waals surface area contributed by atoms with Crippen LogP contribution in [0.2, 0.25) is 0 Å². The second-order valence-electron chi connectivity index (χ2n) is 4.23. The molecule has 0 unspecified atom stereocenters. The Kier molecular flexibility index (Phi) is 13.5. The zero-order chi connectivity index (χ0) is 11.2. The van der Waals surface area contributed by atoms with Gasteiger partial charge in [-0.2, -0.15) is 0 Å². The van der Waals surface area contributed by atoms with Gasteiger partial charge in [-0.15, -0.1) is 0 Å². The van der Waals surface area contributed by atoms with Crippen LogP contribution in [0.25, 0.3) is 0 Å². The topological polar surface area (TPSA) is 0 Å². The molecule has 0 heterocycles. The second kappa shape index (κ2) is 13.7. The molecule has 0 aliphatic carbocycles. The third-order valence-electron chi connectivity index (χ3n) is 2.66. The number of allylic oxidation sites excluding steroid dienone is 2. The first kappa shape index (κ1) is 14.7. The van der Waals surface area contributed by atoms with Gasteiger partial charge < -0.3 is 0 Å². The monoisotopic (exact) mass is 208 g/mol. The minimum atomic E-state index is 1.07. The molecule has 0 aromatic carbocycles. The molecule has 0 aliphatic rings. The fraction of sp³-hybridized carbons (Fsp3) is 0.733. The molecule has 0 aliphatic heterocycles. The van der Waals surface area contributed by atoms with Gasteiger partial charge in [-0.3, -0.25) is 0 Å². The highest BCUT2D eigenvalue weighted by Gasteiger charge is 1.89. The molecule has 2 radical (unpaired) electrons. The molecule has 0 aromatic rings. The van der Waals surface area contributed by atoms with Crippen molar-refractivity contribution < 1.29 is 0 Å². The molecule has 0 saturated carbocycles. The van der Waals surface area contributed by atoms with Gasteiger partial charge in [0.1, 0.15) is 0 Å². The summed E-state index contributed by atoms with van der Waals surface area (Å²) in [5, 5.41) is 0. The van der Waals surface area contributed by atoms with E-state index in [1.54, 1.807) is 0 Å². The van der Waals surface area contributed by atoms with E-state index in [4.69, 9.17) is 0 Å². The van der Waals surface area contributed by atoms with Crippen LogP contribution in [-0.2, 0) is 0 Å². The van der Waals surface area contributed by atoms with Crippen molar-refractivity contribution in [3.63, 3.8) is 0 Å². The van der Waals surface area contributed by atoms with Crippen LogP contribution < -0.4 is 0 Å². The standard InChI is InChI=1S/C15H28/c1-3-5-7-9-11-13-15-14-12-10-8-6-4-2/h9,11H,1-8,10,12-15H2. The number of rotatable bonds is 11. The zero-order valence-electron chi connectivity index (χ0n) is 10.3. The molecule has 0 rings (SSSR count). The summed E-state index contributed by atoms with van der Waals surface area (Å²) in [6, 6.07) is 0. The first-order chi connectivity index (χ1) is 7.41. The van der Waals surface area contributed by atoms with Crippen molar-refractivity contribution in [1.82, 2.24) is 0 Å². The van der Waals surface area contributed by atoms with Crippen molar-refractivity contribution in [2.45, 2.75) is 70.6 Å². The van der Waals surface area contributed by atoms with Crippen molar-refractivity contribution in [3.8, 4) is 0 Å². The first-order valence-electron chi connectivity index (χ1n) is 6.65. The smallest absolute Gasteiger partial charge is 0.0351 e. The molecular weight excluding hydrogens is 180 g/mol. The van der Waals surface area contributed by atoms with Gasteiger partial charge in [-0.1, -0.05) is 70.9 Å². The Balaban J connectivity index is 2.95. The van der Waals surface area contributed by atoms with Gasteiger partial charge in [-0.25, -0.2) is 0 Å². The van der Waals surface area contributed by atoms with Crippen LogP contribution in [-0.4, -0.2) is 0 Å². The summed E-state index contributed by atoms with van der Waals surface area (Å²) in [7, 11) is 0. The van der Waals surface area contributed by atoms with Gasteiger partial charge in [0, 0.05) is 0 Å². The maximum absolute atomic E-state index is 3.85. The Hall–Kier alpha value is -0.260. The molecule has 0 atom stereocenters. The highest BCUT2D eigenvalue weighted by atomic mass is 14.0. The Morgan fingerprint density at radius 3 is 1.60 bits per heavy atom. The molecule has 15 heavy (non-hydrogen) atoms. The molecule has 0 fully saturated rings. The van der Waals surface area contributed by atoms with Gasteiger partial charge in [0.2, 0.25) is 0 Å². The van der Waals surface area contributed by atoms with Crippen LogP contribution in [0.4, 0.5) is 0 Å². The Labute approximate surface area is 97.2 Å². The lowest BCUT2D eigenvalue weighted by molar-refractivity contribution is 0.599. The molecule has 0 aromatic heterocycles. The fourth-order valence-electron chi connectivity index (χ4n) is 1.64. The van der Waals surface area contributed by atoms with Crippen molar-refractivity contribution in [2.75, 3.05) is 0 Å². The normalized spacial score (nSPS) is 11.3. The third kappa shape index (κ3) is 13.7. The molecule has 0 amide bonds. The average Bonchev–Trinajstić information content (AvgIpc) is 2.26. The number of hydrogen-bond donors (Lipinski definition) is 0. The minimum Gasteiger partial charge on any atom is -0.0885 e. The molecule has 0 spiro atoms. The minimum absolute atomic E-state index is 1.07. The van der Waals surface area contributed by atoms with E-state index in [9.17, 15) is 0 Å². The Morgan fingerprint density at radius 1 is 0.533 bits per heavy atom. The predicted octanol–water partition coefficient (Wildman–Crippen LogP) is 5.50. The summed E-state index contributed by atoms with van der Waals surface area (Å²) in [5.41, 5.74) is 0. The van der Waals surface area contributed by atoms with Crippen molar-refractivity contribution in [3.05, 3.63) is 26.0 Å². The van der Waals surface area contributed by atoms with E-state index in [1.807, 2.05) is 0 Å². The largest absolute Gasteiger partial charge is 0.0885 e. The maximum Gasteiger partial charge on any atom is -0.0351 e. The zero-order valence-corrected chi connectivity index (χ0v) is 10.3. The van der Waals surface area contributed by atoms with Crippen LogP contribution in [0.1, 0.15) is 70.6 Å². The summed E-state index contributed by atoms with van der Waals surface area (Å²) in [6.07, 6.45) is 18.8. The summed E-state index contributed by atoms with van der Waals surface area (Å²) >= 11 is 0. The van der Waals surface area contributed by atoms with Crippen molar-refractivity contribution in [2.24, 2.45) is 0 Å². The third-order valence-corrected chi connectivity index (χ3v) is 2.66. The van der Waals surface area contributed by atoms with Gasteiger partial charge >= 0.3 is 0 Å². The predicted molar refractivity (Wildman–Crippen MR) is 70.6 cm³/mol. The summed E-state index contributed by atoms with van der Waals surface area (Å²) in [6.45, 7) is 7.68. The van der Waals surface area contributed by atoms with Crippen LogP contribution in [0.15, 0.2) is 12.2 Å². The van der Waals surface area contributed by atoms with Crippen LogP contribution in [0.3, 0.4) is 0 Å². The molecule has 88 valence electrons. The van der Waals surface area contributed by atoms with E-state index >= 15 is 0 Å². The van der Waals surface area contributed by atoms with Gasteiger partial charge in [0.15, 0.2) is 0 Å². The fourth-order valence-corrected chi connectivity index (χ4v) is 1.64. The van der Waals surface area contributed by atoms with E-state index in [-0.39, 0.29) is 0 Å². The van der Waals surface area contributed by atoms with E-state index in [1.165, 1.54) is 57.8 Å². The van der Waals surface area contributed by atoms with Crippen molar-refractivity contribution >= 4 is 0 Å². The lowest BCUT2D eigenvalue weighted by Crippen LogP contribution is -1.79. The van der Waals surface area contributed by atoms with Gasteiger partial charge in [-0.05, 0) is 25.7 Å². The number of unbranched alkanes of at least 4 members (excludes halogenated alkanes) is 9. The SMILES string of the molecule is [CH2]CCCC=CCCCCCCCC[CH2]. The molecule has 0 heteroatoms. The Morgan fingerprint density at radius 2 is 1.00 bits per heavy atom. The first-order valence-corrected chi connectivity index (χ1v) is 6.65. The molecule has 0 saturated heterocycles. The van der Waals surface area contributed by atoms with Crippen LogP contribution in [0, 0.1) is 13.8 Å². The molecule has 0 nitrogen and oxygen atoms in total. The maximum atomic E-state index is 3.85. The number of hydrogen-bond acceptors (Lipinski definition) is 0. The summed E-state index contributed by atoms with van der Waals surface area (Å²) in [5.74, 6) is 0. The quantitative estimate of drug-likeness (QED) is 0.310. The lowest BCUT2D eigenvalue weighted by Gasteiger charge is -1.98. The van der Waals surface area contributed by atoms with Crippen molar-refractivity contribution in [1.29, 1.82) is 0 Å². The van der Waals surface area contributed by atoms with E-state index < -0.39 is 0 Å². The van der Waals surface area contributed by atoms with Crippen LogP contribution in [0.5, 0.6) is 0 Å². The summed E-state index contributed by atoms with van der Waals surface area (Å²) < 4.78 is 0. The van der Waals surface area contributed by atoms with Gasteiger partial charge in [0.05, 0.1) is 0 Å². The average molecular weight is 208 g/mol. The van der Waals surface area contributed by atoms with E-state index in [0.29, 0.717) is 0 Å². The van der Waals surface area contributed by atoms with E-state index in [2.05, 4.69) is 26.0 Å². The second-order valence-corrected chi connectivity index (χ2v) is 4.23. The summed E-state index contributed by atoms with van der Waals surface area (Å²) in [4.78, 5) is 0. The highest BCUT2D eigenvalue weighted by Crippen LogP contribution is 2.08. The van der Waals surface area contributed by atoms with E-state index in [0.717, 1.165) is 12.8 Å². The van der Waals surface area contributed by atoms with Crippen LogP contribution >= 0.6 is 0 Å². The molecular formula is C15H28.